The minimum absolute atomic E-state index is 0.192. The van der Waals surface area contributed by atoms with Crippen LogP contribution in [0.3, 0.4) is 0 Å². The Balaban J connectivity index is 1.29. The molecule has 0 N–H and O–H groups in total. The first-order valence-corrected chi connectivity index (χ1v) is 10.0. The number of ether oxygens (including phenoxy) is 1. The van der Waals surface area contributed by atoms with Gasteiger partial charge in [0.15, 0.2) is 0 Å². The third kappa shape index (κ3) is 4.16. The highest BCUT2D eigenvalue weighted by Crippen LogP contribution is 2.48. The van der Waals surface area contributed by atoms with Crippen molar-refractivity contribution >= 4 is 5.91 Å². The maximum absolute atomic E-state index is 12.8. The standard InChI is InChI=1S/C23H28N2O2/c1-2-27-22-11-7-6-10-19(22)17-24-12-14-25(15-13-24)23(26)21-16-20(21)18-8-4-3-5-9-18/h3-11,20-21H,2,12-17H2,1H3. The highest BCUT2D eigenvalue weighted by molar-refractivity contribution is 5.83. The monoisotopic (exact) mass is 364 g/mol. The van der Waals surface area contributed by atoms with Gasteiger partial charge in [0.1, 0.15) is 5.75 Å². The molecular weight excluding hydrogens is 336 g/mol. The fraction of sp³-hybridized carbons (Fsp3) is 0.435. The molecule has 4 rings (SSSR count). The van der Waals surface area contributed by atoms with Gasteiger partial charge in [0, 0.05) is 44.2 Å². The van der Waals surface area contributed by atoms with E-state index in [1.165, 1.54) is 11.1 Å². The van der Waals surface area contributed by atoms with E-state index in [0.29, 0.717) is 18.4 Å². The highest BCUT2D eigenvalue weighted by atomic mass is 16.5. The van der Waals surface area contributed by atoms with Crippen molar-refractivity contribution in [2.45, 2.75) is 25.8 Å². The van der Waals surface area contributed by atoms with E-state index in [4.69, 9.17) is 4.74 Å². The second-order valence-corrected chi connectivity index (χ2v) is 7.50. The maximum Gasteiger partial charge on any atom is 0.226 e. The predicted molar refractivity (Wildman–Crippen MR) is 107 cm³/mol. The molecule has 1 amide bonds. The van der Waals surface area contributed by atoms with Crippen molar-refractivity contribution in [3.63, 3.8) is 0 Å². The fourth-order valence-corrected chi connectivity index (χ4v) is 4.07. The molecule has 0 spiro atoms. The van der Waals surface area contributed by atoms with Crippen LogP contribution < -0.4 is 4.74 Å². The molecule has 0 radical (unpaired) electrons. The summed E-state index contributed by atoms with van der Waals surface area (Å²) in [4.78, 5) is 17.3. The van der Waals surface area contributed by atoms with Gasteiger partial charge in [0.25, 0.3) is 0 Å². The van der Waals surface area contributed by atoms with Gasteiger partial charge in [-0.25, -0.2) is 0 Å². The van der Waals surface area contributed by atoms with Gasteiger partial charge in [-0.1, -0.05) is 48.5 Å². The molecular formula is C23H28N2O2. The highest BCUT2D eigenvalue weighted by Gasteiger charge is 2.45. The van der Waals surface area contributed by atoms with Gasteiger partial charge in [-0.15, -0.1) is 0 Å². The molecule has 2 unspecified atom stereocenters. The molecule has 2 fully saturated rings. The van der Waals surface area contributed by atoms with Crippen molar-refractivity contribution in [3.05, 3.63) is 65.7 Å². The number of carbonyl (C=O) groups is 1. The zero-order valence-electron chi connectivity index (χ0n) is 16.0. The van der Waals surface area contributed by atoms with Crippen molar-refractivity contribution in [2.24, 2.45) is 5.92 Å². The van der Waals surface area contributed by atoms with Crippen molar-refractivity contribution in [1.29, 1.82) is 0 Å². The summed E-state index contributed by atoms with van der Waals surface area (Å²) >= 11 is 0. The second-order valence-electron chi connectivity index (χ2n) is 7.50. The van der Waals surface area contributed by atoms with Crippen molar-refractivity contribution in [3.8, 4) is 5.75 Å². The van der Waals surface area contributed by atoms with Crippen LogP contribution in [0.25, 0.3) is 0 Å². The molecule has 4 nitrogen and oxygen atoms in total. The summed E-state index contributed by atoms with van der Waals surface area (Å²) in [6.07, 6.45) is 1.00. The normalized spacial score (nSPS) is 22.5. The first-order valence-electron chi connectivity index (χ1n) is 10.0. The lowest BCUT2D eigenvalue weighted by molar-refractivity contribution is -0.134. The predicted octanol–water partition coefficient (Wildman–Crippen LogP) is 3.53. The largest absolute Gasteiger partial charge is 0.494 e. The van der Waals surface area contributed by atoms with E-state index >= 15 is 0 Å². The molecule has 1 heterocycles. The number of benzene rings is 2. The molecule has 142 valence electrons. The average molecular weight is 364 g/mol. The van der Waals surface area contributed by atoms with Crippen LogP contribution in [-0.2, 0) is 11.3 Å². The molecule has 27 heavy (non-hydrogen) atoms. The number of hydrogen-bond donors (Lipinski definition) is 0. The number of amides is 1. The van der Waals surface area contributed by atoms with Crippen LogP contribution >= 0.6 is 0 Å². The minimum atomic E-state index is 0.192. The molecule has 1 aliphatic heterocycles. The van der Waals surface area contributed by atoms with Crippen molar-refractivity contribution in [1.82, 2.24) is 9.80 Å². The van der Waals surface area contributed by atoms with Crippen LogP contribution in [0.4, 0.5) is 0 Å². The van der Waals surface area contributed by atoms with Gasteiger partial charge >= 0.3 is 0 Å². The Bertz CT molecular complexity index is 769. The summed E-state index contributed by atoms with van der Waals surface area (Å²) in [5.41, 5.74) is 2.53. The van der Waals surface area contributed by atoms with Gasteiger partial charge in [0.2, 0.25) is 5.91 Å². The molecule has 2 aliphatic rings. The molecule has 1 saturated carbocycles. The van der Waals surface area contributed by atoms with Crippen LogP contribution in [0, 0.1) is 5.92 Å². The molecule has 4 heteroatoms. The van der Waals surface area contributed by atoms with Gasteiger partial charge in [-0.3, -0.25) is 9.69 Å². The van der Waals surface area contributed by atoms with E-state index in [2.05, 4.69) is 46.2 Å². The van der Waals surface area contributed by atoms with E-state index in [1.54, 1.807) is 0 Å². The third-order valence-electron chi connectivity index (χ3n) is 5.69. The number of carbonyl (C=O) groups excluding carboxylic acids is 1. The molecule has 0 aromatic heterocycles. The van der Waals surface area contributed by atoms with Crippen molar-refractivity contribution < 1.29 is 9.53 Å². The summed E-state index contributed by atoms with van der Waals surface area (Å²) < 4.78 is 5.74. The van der Waals surface area contributed by atoms with E-state index < -0.39 is 0 Å². The van der Waals surface area contributed by atoms with Gasteiger partial charge in [-0.05, 0) is 30.9 Å². The third-order valence-corrected chi connectivity index (χ3v) is 5.69. The lowest BCUT2D eigenvalue weighted by atomic mass is 10.1. The van der Waals surface area contributed by atoms with Crippen LogP contribution in [-0.4, -0.2) is 48.5 Å². The molecule has 2 aromatic carbocycles. The van der Waals surface area contributed by atoms with Crippen LogP contribution in [0.2, 0.25) is 0 Å². The van der Waals surface area contributed by atoms with Gasteiger partial charge < -0.3 is 9.64 Å². The Kier molecular flexibility index (Phi) is 5.44. The van der Waals surface area contributed by atoms with Crippen LogP contribution in [0.15, 0.2) is 54.6 Å². The second kappa shape index (κ2) is 8.13. The number of hydrogen-bond acceptors (Lipinski definition) is 3. The lowest BCUT2D eigenvalue weighted by Crippen LogP contribution is -2.48. The summed E-state index contributed by atoms with van der Waals surface area (Å²) in [5, 5.41) is 0. The van der Waals surface area contributed by atoms with Crippen molar-refractivity contribution in [2.75, 3.05) is 32.8 Å². The van der Waals surface area contributed by atoms with E-state index in [9.17, 15) is 4.79 Å². The fourth-order valence-electron chi connectivity index (χ4n) is 4.07. The Hall–Kier alpha value is -2.33. The summed E-state index contributed by atoms with van der Waals surface area (Å²) in [5.74, 6) is 1.94. The van der Waals surface area contributed by atoms with E-state index in [0.717, 1.165) is 44.9 Å². The average Bonchev–Trinajstić information content (AvgIpc) is 3.51. The van der Waals surface area contributed by atoms with Crippen LogP contribution in [0.5, 0.6) is 5.75 Å². The maximum atomic E-state index is 12.8. The lowest BCUT2D eigenvalue weighted by Gasteiger charge is -2.35. The quantitative estimate of drug-likeness (QED) is 0.786. The molecule has 1 aliphatic carbocycles. The number of nitrogens with zero attached hydrogens (tertiary/aromatic N) is 2. The van der Waals surface area contributed by atoms with Gasteiger partial charge in [-0.2, -0.15) is 0 Å². The Labute approximate surface area is 161 Å². The van der Waals surface area contributed by atoms with Crippen LogP contribution in [0.1, 0.15) is 30.4 Å². The summed E-state index contributed by atoms with van der Waals surface area (Å²) in [6.45, 7) is 7.09. The number of rotatable bonds is 6. The SMILES string of the molecule is CCOc1ccccc1CN1CCN(C(=O)C2CC2c2ccccc2)CC1. The summed E-state index contributed by atoms with van der Waals surface area (Å²) in [6, 6.07) is 18.7. The molecule has 0 bridgehead atoms. The Morgan fingerprint density at radius 2 is 1.70 bits per heavy atom. The smallest absolute Gasteiger partial charge is 0.226 e. The first kappa shape index (κ1) is 18.1. The first-order chi connectivity index (χ1) is 13.3. The van der Waals surface area contributed by atoms with E-state index in [1.807, 2.05) is 25.1 Å². The minimum Gasteiger partial charge on any atom is -0.494 e. The zero-order chi connectivity index (χ0) is 18.6. The van der Waals surface area contributed by atoms with Gasteiger partial charge in [0.05, 0.1) is 6.61 Å². The molecule has 2 atom stereocenters. The Morgan fingerprint density at radius 3 is 2.44 bits per heavy atom. The molecule has 1 saturated heterocycles. The molecule has 2 aromatic rings. The number of piperazine rings is 1. The summed E-state index contributed by atoms with van der Waals surface area (Å²) in [7, 11) is 0. The Morgan fingerprint density at radius 1 is 1.00 bits per heavy atom. The number of para-hydroxylation sites is 1. The van der Waals surface area contributed by atoms with E-state index in [-0.39, 0.29) is 5.92 Å². The topological polar surface area (TPSA) is 32.8 Å². The zero-order valence-corrected chi connectivity index (χ0v) is 16.0.